The molecule has 0 spiro atoms. The standard InChI is InChI=1S/C10H15NO3S2/c1-8(6-12)7-15-9-4-2-3-5-10(9)16(11,13)14/h2-5,8,12H,6-7H2,1H3,(H2,11,13,14). The Hall–Kier alpha value is -0.560. The lowest BCUT2D eigenvalue weighted by Gasteiger charge is -2.09. The van der Waals surface area contributed by atoms with E-state index < -0.39 is 10.0 Å². The highest BCUT2D eigenvalue weighted by atomic mass is 32.2. The van der Waals surface area contributed by atoms with Gasteiger partial charge in [-0.3, -0.25) is 0 Å². The van der Waals surface area contributed by atoms with Crippen LogP contribution in [0, 0.1) is 5.92 Å². The van der Waals surface area contributed by atoms with Gasteiger partial charge in [-0.25, -0.2) is 13.6 Å². The lowest BCUT2D eigenvalue weighted by Crippen LogP contribution is -2.13. The first-order valence-corrected chi connectivity index (χ1v) is 7.34. The van der Waals surface area contributed by atoms with Crippen LogP contribution in [0.2, 0.25) is 0 Å². The van der Waals surface area contributed by atoms with Crippen LogP contribution < -0.4 is 5.14 Å². The molecule has 0 heterocycles. The average Bonchev–Trinajstić information content (AvgIpc) is 2.25. The fourth-order valence-corrected chi connectivity index (χ4v) is 3.19. The average molecular weight is 261 g/mol. The molecule has 1 aromatic rings. The second kappa shape index (κ2) is 5.67. The number of thioether (sulfide) groups is 1. The lowest BCUT2D eigenvalue weighted by molar-refractivity contribution is 0.250. The van der Waals surface area contributed by atoms with E-state index in [0.29, 0.717) is 10.6 Å². The SMILES string of the molecule is CC(CO)CSc1ccccc1S(N)(=O)=O. The van der Waals surface area contributed by atoms with Gasteiger partial charge in [0.25, 0.3) is 0 Å². The molecule has 3 N–H and O–H groups in total. The molecule has 0 saturated heterocycles. The van der Waals surface area contributed by atoms with E-state index in [9.17, 15) is 8.42 Å². The molecule has 0 bridgehead atoms. The third-order valence-corrected chi connectivity index (χ3v) is 4.49. The fourth-order valence-electron chi connectivity index (χ4n) is 1.09. The van der Waals surface area contributed by atoms with E-state index in [-0.39, 0.29) is 17.4 Å². The highest BCUT2D eigenvalue weighted by Gasteiger charge is 2.13. The molecule has 1 rings (SSSR count). The summed E-state index contributed by atoms with van der Waals surface area (Å²) >= 11 is 1.39. The fraction of sp³-hybridized carbons (Fsp3) is 0.400. The quantitative estimate of drug-likeness (QED) is 0.776. The minimum atomic E-state index is -3.67. The Kier molecular flexibility index (Phi) is 4.79. The van der Waals surface area contributed by atoms with Crippen molar-refractivity contribution in [2.24, 2.45) is 11.1 Å². The molecule has 0 aliphatic rings. The van der Waals surface area contributed by atoms with Crippen molar-refractivity contribution in [1.82, 2.24) is 0 Å². The summed E-state index contributed by atoms with van der Waals surface area (Å²) in [4.78, 5) is 0.774. The van der Waals surface area contributed by atoms with Gasteiger partial charge >= 0.3 is 0 Å². The van der Waals surface area contributed by atoms with Crippen molar-refractivity contribution in [3.8, 4) is 0 Å². The number of aliphatic hydroxyl groups is 1. The Balaban J connectivity index is 2.88. The summed E-state index contributed by atoms with van der Waals surface area (Å²) in [5.74, 6) is 0.779. The van der Waals surface area contributed by atoms with E-state index in [4.69, 9.17) is 10.2 Å². The van der Waals surface area contributed by atoms with Crippen LogP contribution in [-0.2, 0) is 10.0 Å². The zero-order chi connectivity index (χ0) is 12.2. The van der Waals surface area contributed by atoms with Crippen LogP contribution in [0.5, 0.6) is 0 Å². The first-order chi connectivity index (χ1) is 7.45. The summed E-state index contributed by atoms with van der Waals surface area (Å²) in [5, 5.41) is 14.0. The van der Waals surface area contributed by atoms with Gasteiger partial charge in [-0.2, -0.15) is 0 Å². The van der Waals surface area contributed by atoms with Gasteiger partial charge in [-0.1, -0.05) is 19.1 Å². The molecular formula is C10H15NO3S2. The first-order valence-electron chi connectivity index (χ1n) is 4.80. The van der Waals surface area contributed by atoms with Crippen molar-refractivity contribution in [2.75, 3.05) is 12.4 Å². The van der Waals surface area contributed by atoms with E-state index >= 15 is 0 Å². The van der Waals surface area contributed by atoms with E-state index in [0.717, 1.165) is 0 Å². The maximum Gasteiger partial charge on any atom is 0.239 e. The van der Waals surface area contributed by atoms with Gasteiger partial charge in [0, 0.05) is 17.3 Å². The first kappa shape index (κ1) is 13.5. The highest BCUT2D eigenvalue weighted by molar-refractivity contribution is 8.00. The number of hydrogen-bond donors (Lipinski definition) is 2. The summed E-state index contributed by atoms with van der Waals surface area (Å²) in [7, 11) is -3.67. The summed E-state index contributed by atoms with van der Waals surface area (Å²) in [6.45, 7) is 1.98. The maximum atomic E-state index is 11.3. The Morgan fingerprint density at radius 2 is 2.06 bits per heavy atom. The Bertz CT molecular complexity index is 445. The van der Waals surface area contributed by atoms with Gasteiger partial charge in [0.2, 0.25) is 10.0 Å². The predicted octanol–water partition coefficient (Wildman–Crippen LogP) is 1.05. The molecule has 6 heteroatoms. The van der Waals surface area contributed by atoms with Crippen molar-refractivity contribution < 1.29 is 13.5 Å². The van der Waals surface area contributed by atoms with Crippen LogP contribution in [0.4, 0.5) is 0 Å². The third-order valence-electron chi connectivity index (χ3n) is 1.99. The second-order valence-electron chi connectivity index (χ2n) is 3.59. The van der Waals surface area contributed by atoms with Gasteiger partial charge in [0.1, 0.15) is 0 Å². The summed E-state index contributed by atoms with van der Waals surface area (Å²) in [6.07, 6.45) is 0. The molecule has 0 aliphatic carbocycles. The van der Waals surface area contributed by atoms with E-state index in [1.807, 2.05) is 6.92 Å². The van der Waals surface area contributed by atoms with Crippen LogP contribution in [0.15, 0.2) is 34.1 Å². The topological polar surface area (TPSA) is 80.4 Å². The van der Waals surface area contributed by atoms with Crippen LogP contribution in [0.3, 0.4) is 0 Å². The van der Waals surface area contributed by atoms with Crippen LogP contribution in [-0.4, -0.2) is 25.9 Å². The second-order valence-corrected chi connectivity index (χ2v) is 6.18. The third kappa shape index (κ3) is 3.79. The van der Waals surface area contributed by atoms with Gasteiger partial charge in [0.05, 0.1) is 4.90 Å². The number of aliphatic hydroxyl groups excluding tert-OH is 1. The smallest absolute Gasteiger partial charge is 0.239 e. The number of rotatable bonds is 5. The molecule has 1 atom stereocenters. The minimum absolute atomic E-state index is 0.0878. The zero-order valence-electron chi connectivity index (χ0n) is 8.96. The van der Waals surface area contributed by atoms with Gasteiger partial charge < -0.3 is 5.11 Å². The number of benzene rings is 1. The molecule has 1 aromatic carbocycles. The van der Waals surface area contributed by atoms with Crippen molar-refractivity contribution in [1.29, 1.82) is 0 Å². The van der Waals surface area contributed by atoms with Crippen molar-refractivity contribution >= 4 is 21.8 Å². The zero-order valence-corrected chi connectivity index (χ0v) is 10.6. The van der Waals surface area contributed by atoms with Crippen molar-refractivity contribution in [2.45, 2.75) is 16.7 Å². The number of nitrogens with two attached hydrogens (primary N) is 1. The molecule has 0 fully saturated rings. The van der Waals surface area contributed by atoms with E-state index in [1.165, 1.54) is 17.8 Å². The van der Waals surface area contributed by atoms with Crippen LogP contribution in [0.1, 0.15) is 6.92 Å². The summed E-state index contributed by atoms with van der Waals surface area (Å²) in [5.41, 5.74) is 0. The monoisotopic (exact) mass is 261 g/mol. The molecule has 0 saturated carbocycles. The van der Waals surface area contributed by atoms with Crippen LogP contribution >= 0.6 is 11.8 Å². The molecule has 0 aliphatic heterocycles. The summed E-state index contributed by atoms with van der Waals surface area (Å²) < 4.78 is 22.6. The molecular weight excluding hydrogens is 246 g/mol. The highest BCUT2D eigenvalue weighted by Crippen LogP contribution is 2.26. The van der Waals surface area contributed by atoms with Crippen molar-refractivity contribution in [3.05, 3.63) is 24.3 Å². The molecule has 0 radical (unpaired) electrons. The molecule has 4 nitrogen and oxygen atoms in total. The summed E-state index contributed by atoms with van der Waals surface area (Å²) in [6, 6.07) is 6.61. The molecule has 1 unspecified atom stereocenters. The van der Waals surface area contributed by atoms with E-state index in [2.05, 4.69) is 0 Å². The largest absolute Gasteiger partial charge is 0.396 e. The Morgan fingerprint density at radius 1 is 1.44 bits per heavy atom. The molecule has 16 heavy (non-hydrogen) atoms. The van der Waals surface area contributed by atoms with Gasteiger partial charge in [-0.05, 0) is 18.1 Å². The normalized spacial score (nSPS) is 13.7. The molecule has 90 valence electrons. The Labute approximate surface area is 99.9 Å². The number of hydrogen-bond acceptors (Lipinski definition) is 4. The Morgan fingerprint density at radius 3 is 2.62 bits per heavy atom. The number of sulfonamides is 1. The van der Waals surface area contributed by atoms with Crippen molar-refractivity contribution in [3.63, 3.8) is 0 Å². The predicted molar refractivity (Wildman–Crippen MR) is 64.8 cm³/mol. The van der Waals surface area contributed by atoms with Gasteiger partial charge in [-0.15, -0.1) is 11.8 Å². The number of primary sulfonamides is 1. The molecule has 0 aromatic heterocycles. The van der Waals surface area contributed by atoms with Crippen LogP contribution in [0.25, 0.3) is 0 Å². The van der Waals surface area contributed by atoms with E-state index in [1.54, 1.807) is 18.2 Å². The van der Waals surface area contributed by atoms with Gasteiger partial charge in [0.15, 0.2) is 0 Å². The lowest BCUT2D eigenvalue weighted by atomic mass is 10.2. The minimum Gasteiger partial charge on any atom is -0.396 e. The maximum absolute atomic E-state index is 11.3. The molecule has 0 amide bonds.